The van der Waals surface area contributed by atoms with Gasteiger partial charge in [-0.05, 0) is 42.4 Å². The monoisotopic (exact) mass is 388 g/mol. The van der Waals surface area contributed by atoms with Gasteiger partial charge in [-0.15, -0.1) is 18.1 Å². The average molecular weight is 388 g/mol. The summed E-state index contributed by atoms with van der Waals surface area (Å²) in [6, 6.07) is 4.69. The van der Waals surface area contributed by atoms with Gasteiger partial charge in [0, 0.05) is 14.1 Å². The lowest BCUT2D eigenvalue weighted by atomic mass is 10.3. The fourth-order valence-corrected chi connectivity index (χ4v) is 3.54. The number of pyridine rings is 1. The number of benzene rings is 1. The lowest BCUT2D eigenvalue weighted by molar-refractivity contribution is -0.274. The maximum Gasteiger partial charge on any atom is 0.573 e. The summed E-state index contributed by atoms with van der Waals surface area (Å²) >= 11 is 0. The van der Waals surface area contributed by atoms with Gasteiger partial charge in [0.2, 0.25) is 9.84 Å². The first-order valence-electron chi connectivity index (χ1n) is 6.94. The molecule has 11 heteroatoms. The fraction of sp³-hybridized carbons (Fsp3) is 0.200. The van der Waals surface area contributed by atoms with Crippen molar-refractivity contribution in [3.05, 3.63) is 47.9 Å². The Morgan fingerprint density at radius 3 is 2.23 bits per heavy atom. The van der Waals surface area contributed by atoms with E-state index in [4.69, 9.17) is 0 Å². The van der Waals surface area contributed by atoms with Crippen LogP contribution >= 0.6 is 0 Å². The Balaban J connectivity index is 2.55. The highest BCUT2D eigenvalue weighted by Gasteiger charge is 2.31. The molecule has 0 aliphatic heterocycles. The first kappa shape index (κ1) is 19.6. The summed E-state index contributed by atoms with van der Waals surface area (Å²) in [6.07, 6.45) is -4.89. The Labute approximate surface area is 147 Å². The van der Waals surface area contributed by atoms with E-state index in [1.54, 1.807) is 0 Å². The van der Waals surface area contributed by atoms with Crippen LogP contribution in [-0.4, -0.2) is 33.9 Å². The Hall–Kier alpha value is -2.69. The number of nitrogens with zero attached hydrogens (tertiary/aromatic N) is 3. The zero-order valence-corrected chi connectivity index (χ0v) is 14.4. The van der Waals surface area contributed by atoms with Crippen LogP contribution in [0.2, 0.25) is 0 Å². The lowest BCUT2D eigenvalue weighted by Gasteiger charge is -2.17. The Kier molecular flexibility index (Phi) is 5.21. The van der Waals surface area contributed by atoms with Gasteiger partial charge in [0.25, 0.3) is 0 Å². The number of halogens is 3. The molecular weight excluding hydrogens is 375 g/mol. The van der Waals surface area contributed by atoms with Gasteiger partial charge in [0.15, 0.2) is 0 Å². The largest absolute Gasteiger partial charge is 0.573 e. The van der Waals surface area contributed by atoms with Gasteiger partial charge in [0.05, 0.1) is 10.6 Å². The topological polar surface area (TPSA) is 88.9 Å². The number of sulfone groups is 1. The summed E-state index contributed by atoms with van der Waals surface area (Å²) in [6.45, 7) is 3.53. The van der Waals surface area contributed by atoms with E-state index in [1.807, 2.05) is 0 Å². The molecule has 0 saturated carbocycles. The van der Waals surface area contributed by atoms with Crippen LogP contribution in [0.15, 0.2) is 45.3 Å². The van der Waals surface area contributed by atoms with Crippen LogP contribution < -0.4 is 9.64 Å². The molecule has 0 bridgehead atoms. The van der Waals surface area contributed by atoms with Crippen LogP contribution in [0.5, 0.6) is 5.75 Å². The molecule has 1 heterocycles. The van der Waals surface area contributed by atoms with Crippen LogP contribution in [-0.2, 0) is 9.84 Å². The fourth-order valence-electron chi connectivity index (χ4n) is 2.06. The van der Waals surface area contributed by atoms with Crippen molar-refractivity contribution in [3.63, 3.8) is 0 Å². The zero-order chi connectivity index (χ0) is 19.7. The summed E-state index contributed by atoms with van der Waals surface area (Å²) in [4.78, 5) is 15.6. The second-order valence-electron chi connectivity index (χ2n) is 5.28. The number of ether oxygens (including phenoxy) is 1. The molecule has 0 fully saturated rings. The number of aromatic nitrogens is 1. The molecule has 0 aliphatic carbocycles. The van der Waals surface area contributed by atoms with Crippen LogP contribution in [0.3, 0.4) is 0 Å². The molecule has 1 aromatic heterocycles. The molecule has 139 valence electrons. The van der Waals surface area contributed by atoms with E-state index in [0.717, 1.165) is 30.3 Å². The summed E-state index contributed by atoms with van der Waals surface area (Å²) in [5.74, 6) is -0.552. The molecular formula is C15H13F3N3O4S. The van der Waals surface area contributed by atoms with Crippen molar-refractivity contribution in [1.29, 1.82) is 0 Å². The minimum atomic E-state index is -4.89. The van der Waals surface area contributed by atoms with Crippen LogP contribution in [0.25, 0.3) is 0 Å². The van der Waals surface area contributed by atoms with Gasteiger partial charge in [-0.1, -0.05) is 0 Å². The quantitative estimate of drug-likeness (QED) is 0.729. The standard InChI is InChI=1S/C15H13F3N3O4S/c1-9-12(20-22)8-13(14(19-9)21(2)3)26(23,24)11-6-4-10(5-7-11)25-15(16,17)18/h4-8H,1H2,2-3H3. The number of nitroso groups, excluding NO2 is 1. The van der Waals surface area contributed by atoms with E-state index < -0.39 is 21.9 Å². The van der Waals surface area contributed by atoms with Crippen molar-refractivity contribution in [3.8, 4) is 5.75 Å². The lowest BCUT2D eigenvalue weighted by Crippen LogP contribution is -2.17. The second kappa shape index (κ2) is 6.90. The molecule has 0 spiro atoms. The summed E-state index contributed by atoms with van der Waals surface area (Å²) in [5, 5.41) is 2.69. The maximum atomic E-state index is 12.8. The Bertz CT molecular complexity index is 926. The predicted molar refractivity (Wildman–Crippen MR) is 87.1 cm³/mol. The van der Waals surface area contributed by atoms with Crippen molar-refractivity contribution in [1.82, 2.24) is 4.98 Å². The van der Waals surface area contributed by atoms with Gasteiger partial charge in [-0.25, -0.2) is 13.4 Å². The Morgan fingerprint density at radius 1 is 1.19 bits per heavy atom. The minimum absolute atomic E-state index is 0.00317. The maximum absolute atomic E-state index is 12.8. The molecule has 0 saturated heterocycles. The summed E-state index contributed by atoms with van der Waals surface area (Å²) in [5.41, 5.74) is -0.261. The van der Waals surface area contributed by atoms with E-state index >= 15 is 0 Å². The predicted octanol–water partition coefficient (Wildman–Crippen LogP) is 3.46. The minimum Gasteiger partial charge on any atom is -0.406 e. The van der Waals surface area contributed by atoms with Crippen molar-refractivity contribution in [2.45, 2.75) is 16.2 Å². The van der Waals surface area contributed by atoms with Gasteiger partial charge in [-0.3, -0.25) is 0 Å². The second-order valence-corrected chi connectivity index (χ2v) is 7.20. The molecule has 2 rings (SSSR count). The highest BCUT2D eigenvalue weighted by molar-refractivity contribution is 7.91. The SMILES string of the molecule is [CH2]c1nc(N(C)C)c(S(=O)(=O)c2ccc(OC(F)(F)F)cc2)cc1N=O. The van der Waals surface area contributed by atoms with Gasteiger partial charge in [0.1, 0.15) is 22.2 Å². The van der Waals surface area contributed by atoms with E-state index in [0.29, 0.717) is 0 Å². The van der Waals surface area contributed by atoms with E-state index in [1.165, 1.54) is 19.0 Å². The molecule has 1 aromatic carbocycles. The first-order chi connectivity index (χ1) is 12.0. The zero-order valence-electron chi connectivity index (χ0n) is 13.6. The number of alkyl halides is 3. The molecule has 0 atom stereocenters. The molecule has 0 amide bonds. The number of hydrogen-bond donors (Lipinski definition) is 0. The van der Waals surface area contributed by atoms with Gasteiger partial charge in [-0.2, -0.15) is 0 Å². The van der Waals surface area contributed by atoms with Crippen LogP contribution in [0, 0.1) is 11.8 Å². The van der Waals surface area contributed by atoms with E-state index in [-0.39, 0.29) is 27.0 Å². The van der Waals surface area contributed by atoms with Crippen molar-refractivity contribution >= 4 is 21.3 Å². The number of anilines is 1. The molecule has 2 aromatic rings. The molecule has 1 radical (unpaired) electrons. The molecule has 7 nitrogen and oxygen atoms in total. The molecule has 0 aliphatic rings. The van der Waals surface area contributed by atoms with Gasteiger partial charge < -0.3 is 9.64 Å². The highest BCUT2D eigenvalue weighted by atomic mass is 32.2. The van der Waals surface area contributed by atoms with E-state index in [2.05, 4.69) is 21.8 Å². The third-order valence-electron chi connectivity index (χ3n) is 3.20. The summed E-state index contributed by atoms with van der Waals surface area (Å²) < 4.78 is 66.0. The third kappa shape index (κ3) is 4.10. The molecule has 0 unspecified atom stereocenters. The third-order valence-corrected chi connectivity index (χ3v) is 4.98. The smallest absolute Gasteiger partial charge is 0.406 e. The van der Waals surface area contributed by atoms with Crippen molar-refractivity contribution < 1.29 is 26.3 Å². The molecule has 26 heavy (non-hydrogen) atoms. The van der Waals surface area contributed by atoms with Crippen molar-refractivity contribution in [2.75, 3.05) is 19.0 Å². The van der Waals surface area contributed by atoms with Crippen molar-refractivity contribution in [2.24, 2.45) is 5.18 Å². The van der Waals surface area contributed by atoms with Crippen LogP contribution in [0.4, 0.5) is 24.7 Å². The van der Waals surface area contributed by atoms with Crippen LogP contribution in [0.1, 0.15) is 5.69 Å². The summed E-state index contributed by atoms with van der Waals surface area (Å²) in [7, 11) is -1.12. The normalized spacial score (nSPS) is 11.9. The van der Waals surface area contributed by atoms with Gasteiger partial charge >= 0.3 is 6.36 Å². The number of rotatable bonds is 5. The van der Waals surface area contributed by atoms with E-state index in [9.17, 15) is 26.5 Å². The number of hydrogen-bond acceptors (Lipinski definition) is 7. The first-order valence-corrected chi connectivity index (χ1v) is 8.42. The highest BCUT2D eigenvalue weighted by Crippen LogP contribution is 2.33. The average Bonchev–Trinajstić information content (AvgIpc) is 2.53. The Morgan fingerprint density at radius 2 is 1.77 bits per heavy atom. The molecule has 0 N–H and O–H groups in total.